The highest BCUT2D eigenvalue weighted by molar-refractivity contribution is 9.11. The first-order chi connectivity index (χ1) is 14.4. The number of hydrogen-bond donors (Lipinski definition) is 2. The molecule has 8 nitrogen and oxygen atoms in total. The third kappa shape index (κ3) is 8.66. The highest BCUT2D eigenvalue weighted by Crippen LogP contribution is 2.28. The molecule has 0 aliphatic carbocycles. The molecule has 1 aliphatic rings. The van der Waals surface area contributed by atoms with E-state index in [1.165, 1.54) is 13.5 Å². The van der Waals surface area contributed by atoms with Gasteiger partial charge in [0.15, 0.2) is 3.92 Å². The van der Waals surface area contributed by atoms with E-state index in [1.54, 1.807) is 16.2 Å². The second kappa shape index (κ2) is 13.9. The van der Waals surface area contributed by atoms with Crippen molar-refractivity contribution in [3.63, 3.8) is 0 Å². The number of rotatable bonds is 4. The van der Waals surface area contributed by atoms with Crippen molar-refractivity contribution in [1.29, 1.82) is 0 Å². The van der Waals surface area contributed by atoms with Crippen LogP contribution in [0.2, 0.25) is 0 Å². The number of anilines is 1. The molecule has 1 fully saturated rings. The highest BCUT2D eigenvalue weighted by Gasteiger charge is 2.24. The number of aromatic nitrogens is 1. The van der Waals surface area contributed by atoms with Crippen LogP contribution in [0.4, 0.5) is 10.5 Å². The van der Waals surface area contributed by atoms with Crippen LogP contribution in [0.25, 0.3) is 10.2 Å². The maximum absolute atomic E-state index is 11.5. The molecule has 2 aromatic rings. The van der Waals surface area contributed by atoms with E-state index < -0.39 is 6.09 Å². The summed E-state index contributed by atoms with van der Waals surface area (Å²) in [6.45, 7) is 7.09. The first-order valence-corrected chi connectivity index (χ1v) is 11.3. The number of methoxy groups -OCH3 is 1. The molecule has 10 heteroatoms. The number of ether oxygens (including phenoxy) is 1. The largest absolute Gasteiger partial charge is 0.453 e. The second-order valence-corrected chi connectivity index (χ2v) is 8.85. The number of hydrogen-bond acceptors (Lipinski definition) is 6. The molecule has 0 unspecified atom stereocenters. The lowest BCUT2D eigenvalue weighted by Crippen LogP contribution is -2.41. The van der Waals surface area contributed by atoms with E-state index in [2.05, 4.69) is 50.1 Å². The molecule has 1 aliphatic heterocycles. The van der Waals surface area contributed by atoms with Crippen LogP contribution in [0.5, 0.6) is 0 Å². The number of thiazole rings is 1. The summed E-state index contributed by atoms with van der Waals surface area (Å²) in [5.74, 6) is -0.0413. The van der Waals surface area contributed by atoms with Crippen LogP contribution in [-0.4, -0.2) is 54.5 Å². The van der Waals surface area contributed by atoms with Gasteiger partial charge in [0.25, 0.3) is 0 Å². The first-order valence-electron chi connectivity index (χ1n) is 9.73. The van der Waals surface area contributed by atoms with E-state index in [0.717, 1.165) is 39.2 Å². The molecule has 1 saturated heterocycles. The number of benzene rings is 1. The van der Waals surface area contributed by atoms with E-state index in [9.17, 15) is 14.4 Å². The number of carbonyl (C=O) groups is 3. The minimum atomic E-state index is -0.565. The molecule has 3 amide bonds. The van der Waals surface area contributed by atoms with Crippen molar-refractivity contribution >= 4 is 61.6 Å². The van der Waals surface area contributed by atoms with Crippen molar-refractivity contribution in [2.45, 2.75) is 46.1 Å². The van der Waals surface area contributed by atoms with Crippen molar-refractivity contribution < 1.29 is 19.1 Å². The van der Waals surface area contributed by atoms with Crippen LogP contribution >= 0.6 is 27.3 Å². The zero-order valence-electron chi connectivity index (χ0n) is 17.7. The minimum Gasteiger partial charge on any atom is -0.453 e. The number of fused-ring (bicyclic) bond motifs is 1. The Hall–Kier alpha value is -2.20. The number of amides is 3. The number of carbonyl (C=O) groups excluding carboxylic acids is 3. The Morgan fingerprint density at radius 2 is 2.10 bits per heavy atom. The van der Waals surface area contributed by atoms with Gasteiger partial charge >= 0.3 is 6.09 Å². The molecule has 2 N–H and O–H groups in total. The van der Waals surface area contributed by atoms with Gasteiger partial charge in [0.1, 0.15) is 6.54 Å². The molecule has 2 heterocycles. The van der Waals surface area contributed by atoms with Crippen molar-refractivity contribution in [2.75, 3.05) is 25.5 Å². The molecule has 1 atom stereocenters. The van der Waals surface area contributed by atoms with Gasteiger partial charge in [-0.2, -0.15) is 0 Å². The molecular formula is C20H29BrN4O4S. The van der Waals surface area contributed by atoms with Gasteiger partial charge in [0, 0.05) is 18.3 Å². The molecule has 3 rings (SSSR count). The second-order valence-electron chi connectivity index (χ2n) is 6.54. The van der Waals surface area contributed by atoms with Gasteiger partial charge in [0.2, 0.25) is 12.3 Å². The maximum atomic E-state index is 11.5. The van der Waals surface area contributed by atoms with Crippen LogP contribution in [0.15, 0.2) is 22.1 Å². The maximum Gasteiger partial charge on any atom is 0.407 e. The summed E-state index contributed by atoms with van der Waals surface area (Å²) in [4.78, 5) is 38.4. The van der Waals surface area contributed by atoms with Crippen LogP contribution in [0, 0.1) is 0 Å². The summed E-state index contributed by atoms with van der Waals surface area (Å²) in [7, 11) is 1.28. The lowest BCUT2D eigenvalue weighted by Gasteiger charge is -2.21. The summed E-state index contributed by atoms with van der Waals surface area (Å²) in [5.41, 5.74) is 1.73. The van der Waals surface area contributed by atoms with Crippen molar-refractivity contribution in [1.82, 2.24) is 15.2 Å². The fourth-order valence-electron chi connectivity index (χ4n) is 2.68. The molecule has 0 saturated carbocycles. The number of alkyl carbamates (subject to hydrolysis) is 1. The molecule has 1 aromatic heterocycles. The number of halogens is 1. The fraction of sp³-hybridized carbons (Fsp3) is 0.500. The summed E-state index contributed by atoms with van der Waals surface area (Å²) in [6, 6.07) is 5.89. The van der Waals surface area contributed by atoms with Gasteiger partial charge in [-0.1, -0.05) is 20.3 Å². The summed E-state index contributed by atoms with van der Waals surface area (Å²) < 4.78 is 6.28. The average molecular weight is 501 g/mol. The van der Waals surface area contributed by atoms with Crippen molar-refractivity contribution in [2.24, 2.45) is 0 Å². The minimum absolute atomic E-state index is 0.0248. The Balaban J connectivity index is 0.000000266. The average Bonchev–Trinajstić information content (AvgIpc) is 3.31. The van der Waals surface area contributed by atoms with Crippen LogP contribution < -0.4 is 10.6 Å². The standard InChI is InChI=1S/C9H16N2O3.C8H5BrN2OS.C3H8/c1-7-4-3-5-11(7)8(12)6-10-9(13)14-2;9-8-11-6-2-1-5(10-4-12)3-7(6)13-8;1-3-2/h7H,3-6H2,1-2H3,(H,10,13);1-4H,(H,10,12);3H2,1-2H3/t7-;;/m0../s1. The lowest BCUT2D eigenvalue weighted by atomic mass is 10.2. The Labute approximate surface area is 189 Å². The summed E-state index contributed by atoms with van der Waals surface area (Å²) >= 11 is 4.85. The first kappa shape index (κ1) is 25.8. The fourth-order valence-corrected chi connectivity index (χ4v) is 4.12. The zero-order valence-corrected chi connectivity index (χ0v) is 20.1. The third-order valence-corrected chi connectivity index (χ3v) is 5.50. The summed E-state index contributed by atoms with van der Waals surface area (Å²) in [5, 5.41) is 4.97. The van der Waals surface area contributed by atoms with Gasteiger partial charge in [-0.3, -0.25) is 9.59 Å². The summed E-state index contributed by atoms with van der Waals surface area (Å²) in [6.07, 6.45) is 3.44. The molecule has 0 bridgehead atoms. The molecule has 1 aromatic carbocycles. The van der Waals surface area contributed by atoms with E-state index >= 15 is 0 Å². The molecule has 166 valence electrons. The van der Waals surface area contributed by atoms with E-state index in [1.807, 2.05) is 25.1 Å². The number of nitrogens with zero attached hydrogens (tertiary/aromatic N) is 2. The van der Waals surface area contributed by atoms with Gasteiger partial charge in [0.05, 0.1) is 17.3 Å². The number of likely N-dealkylation sites (tertiary alicyclic amines) is 1. The molecular weight excluding hydrogens is 472 g/mol. The topological polar surface area (TPSA) is 101 Å². The molecule has 0 spiro atoms. The van der Waals surface area contributed by atoms with Crippen molar-refractivity contribution in [3.05, 3.63) is 22.1 Å². The molecule has 0 radical (unpaired) electrons. The van der Waals surface area contributed by atoms with Gasteiger partial charge in [-0.15, -0.1) is 11.3 Å². The van der Waals surface area contributed by atoms with Crippen molar-refractivity contribution in [3.8, 4) is 0 Å². The van der Waals surface area contributed by atoms with Crippen LogP contribution in [-0.2, 0) is 14.3 Å². The van der Waals surface area contributed by atoms with E-state index in [4.69, 9.17) is 0 Å². The predicted molar refractivity (Wildman–Crippen MR) is 124 cm³/mol. The Kier molecular flexibility index (Phi) is 12.0. The Bertz CT molecular complexity index is 830. The third-order valence-electron chi connectivity index (χ3n) is 4.03. The zero-order chi connectivity index (χ0) is 22.5. The van der Waals surface area contributed by atoms with E-state index in [-0.39, 0.29) is 12.5 Å². The Morgan fingerprint density at radius 3 is 2.67 bits per heavy atom. The normalized spacial score (nSPS) is 14.7. The molecule has 30 heavy (non-hydrogen) atoms. The van der Waals surface area contributed by atoms with Crippen LogP contribution in [0.1, 0.15) is 40.0 Å². The Morgan fingerprint density at radius 1 is 1.40 bits per heavy atom. The monoisotopic (exact) mass is 500 g/mol. The van der Waals surface area contributed by atoms with Gasteiger partial charge in [-0.25, -0.2) is 9.78 Å². The quantitative estimate of drug-likeness (QED) is 0.605. The van der Waals surface area contributed by atoms with Gasteiger partial charge < -0.3 is 20.3 Å². The lowest BCUT2D eigenvalue weighted by molar-refractivity contribution is -0.130. The smallest absolute Gasteiger partial charge is 0.407 e. The highest BCUT2D eigenvalue weighted by atomic mass is 79.9. The SMILES string of the molecule is CCC.COC(=O)NCC(=O)N1CCC[C@@H]1C.O=CNc1ccc2nc(Br)sc2c1. The van der Waals surface area contributed by atoms with Crippen LogP contribution in [0.3, 0.4) is 0 Å². The van der Waals surface area contributed by atoms with E-state index in [0.29, 0.717) is 12.5 Å². The number of nitrogens with one attached hydrogen (secondary N) is 2. The van der Waals surface area contributed by atoms with Gasteiger partial charge in [-0.05, 0) is 53.9 Å². The predicted octanol–water partition coefficient (Wildman–Crippen LogP) is 4.40.